The molecule has 8 nitrogen and oxygen atoms in total. The number of urea groups is 1. The number of likely N-dealkylation sites (tertiary alicyclic amines) is 1. The van der Waals surface area contributed by atoms with Crippen LogP contribution in [0.5, 0.6) is 0 Å². The molecule has 0 radical (unpaired) electrons. The molecule has 1 aromatic heterocycles. The lowest BCUT2D eigenvalue weighted by molar-refractivity contribution is -0.139. The Morgan fingerprint density at radius 1 is 1.48 bits per heavy atom. The quantitative estimate of drug-likeness (QED) is 0.723. The van der Waals surface area contributed by atoms with Crippen LogP contribution in [0, 0.1) is 0 Å². The van der Waals surface area contributed by atoms with Crippen molar-refractivity contribution in [3.8, 4) is 0 Å². The first-order chi connectivity index (χ1) is 10.1. The summed E-state index contributed by atoms with van der Waals surface area (Å²) >= 11 is 0. The summed E-state index contributed by atoms with van der Waals surface area (Å²) in [5.41, 5.74) is 0.671. The zero-order valence-corrected chi connectivity index (χ0v) is 11.5. The molecule has 8 heteroatoms. The van der Waals surface area contributed by atoms with E-state index in [1.54, 1.807) is 11.1 Å². The van der Waals surface area contributed by atoms with Crippen molar-refractivity contribution in [2.24, 2.45) is 0 Å². The van der Waals surface area contributed by atoms with E-state index in [2.05, 4.69) is 15.3 Å². The monoisotopic (exact) mass is 294 g/mol. The molecule has 0 spiro atoms. The SMILES string of the molecule is O=C(O)[C@H](Cc1cnc[nH]1)NC(=O)N1CC2CCC(C1)O2. The van der Waals surface area contributed by atoms with E-state index in [4.69, 9.17) is 4.74 Å². The largest absolute Gasteiger partial charge is 0.480 e. The van der Waals surface area contributed by atoms with E-state index in [0.29, 0.717) is 18.8 Å². The number of imidazole rings is 1. The summed E-state index contributed by atoms with van der Waals surface area (Å²) in [5.74, 6) is -1.06. The highest BCUT2D eigenvalue weighted by Crippen LogP contribution is 2.26. The number of ether oxygens (including phenoxy) is 1. The van der Waals surface area contributed by atoms with E-state index >= 15 is 0 Å². The lowest BCUT2D eigenvalue weighted by Gasteiger charge is -2.32. The molecule has 114 valence electrons. The van der Waals surface area contributed by atoms with E-state index < -0.39 is 12.0 Å². The van der Waals surface area contributed by atoms with Gasteiger partial charge in [0.25, 0.3) is 0 Å². The van der Waals surface area contributed by atoms with Gasteiger partial charge in [-0.25, -0.2) is 14.6 Å². The summed E-state index contributed by atoms with van der Waals surface area (Å²) in [6.45, 7) is 1.05. The summed E-state index contributed by atoms with van der Waals surface area (Å²) < 4.78 is 5.66. The smallest absolute Gasteiger partial charge is 0.326 e. The molecular formula is C13H18N4O4. The number of carbonyl (C=O) groups excluding carboxylic acids is 1. The van der Waals surface area contributed by atoms with Gasteiger partial charge in [-0.1, -0.05) is 0 Å². The van der Waals surface area contributed by atoms with Crippen LogP contribution in [0.3, 0.4) is 0 Å². The summed E-state index contributed by atoms with van der Waals surface area (Å²) in [5, 5.41) is 11.8. The number of fused-ring (bicyclic) bond motifs is 2. The fourth-order valence-electron chi connectivity index (χ4n) is 2.84. The summed E-state index contributed by atoms with van der Waals surface area (Å²) in [4.78, 5) is 31.9. The minimum absolute atomic E-state index is 0.0883. The third-order valence-corrected chi connectivity index (χ3v) is 3.91. The molecule has 2 saturated heterocycles. The van der Waals surface area contributed by atoms with Crippen molar-refractivity contribution in [3.05, 3.63) is 18.2 Å². The van der Waals surface area contributed by atoms with Crippen molar-refractivity contribution in [1.29, 1.82) is 0 Å². The van der Waals surface area contributed by atoms with Gasteiger partial charge >= 0.3 is 12.0 Å². The highest BCUT2D eigenvalue weighted by atomic mass is 16.5. The fraction of sp³-hybridized carbons (Fsp3) is 0.615. The number of hydrogen-bond acceptors (Lipinski definition) is 4. The Morgan fingerprint density at radius 2 is 2.19 bits per heavy atom. The second-order valence-corrected chi connectivity index (χ2v) is 5.48. The molecule has 3 N–H and O–H groups in total. The maximum atomic E-state index is 12.2. The predicted molar refractivity (Wildman–Crippen MR) is 71.7 cm³/mol. The van der Waals surface area contributed by atoms with Crippen LogP contribution in [-0.4, -0.2) is 63.3 Å². The number of aromatic amines is 1. The van der Waals surface area contributed by atoms with Crippen LogP contribution in [-0.2, 0) is 16.0 Å². The molecule has 3 rings (SSSR count). The molecule has 0 aromatic carbocycles. The number of hydrogen-bond donors (Lipinski definition) is 3. The van der Waals surface area contributed by atoms with Crippen molar-refractivity contribution in [1.82, 2.24) is 20.2 Å². The van der Waals surface area contributed by atoms with Crippen LogP contribution in [0.1, 0.15) is 18.5 Å². The molecule has 1 aromatic rings. The Labute approximate surface area is 121 Å². The number of aliphatic carboxylic acids is 1. The molecular weight excluding hydrogens is 276 g/mol. The number of nitrogens with one attached hydrogen (secondary N) is 2. The third kappa shape index (κ3) is 3.15. The molecule has 0 aliphatic carbocycles. The van der Waals surface area contributed by atoms with Crippen LogP contribution in [0.15, 0.2) is 12.5 Å². The number of aromatic nitrogens is 2. The minimum Gasteiger partial charge on any atom is -0.480 e. The Balaban J connectivity index is 1.60. The molecule has 2 bridgehead atoms. The molecule has 0 saturated carbocycles. The van der Waals surface area contributed by atoms with Crippen molar-refractivity contribution in [2.75, 3.05) is 13.1 Å². The first-order valence-electron chi connectivity index (χ1n) is 7.03. The van der Waals surface area contributed by atoms with Gasteiger partial charge in [0.15, 0.2) is 0 Å². The number of carbonyl (C=O) groups is 2. The average Bonchev–Trinajstić information content (AvgIpc) is 3.07. The Kier molecular flexibility index (Phi) is 3.78. The van der Waals surface area contributed by atoms with Gasteiger partial charge in [-0.2, -0.15) is 0 Å². The second-order valence-electron chi connectivity index (χ2n) is 5.48. The summed E-state index contributed by atoms with van der Waals surface area (Å²) in [6, 6.07) is -1.32. The van der Waals surface area contributed by atoms with E-state index in [9.17, 15) is 14.7 Å². The number of morpholine rings is 1. The maximum Gasteiger partial charge on any atom is 0.326 e. The number of carboxylic acids is 1. The van der Waals surface area contributed by atoms with Gasteiger partial charge in [-0.05, 0) is 12.8 Å². The Morgan fingerprint density at radius 3 is 2.76 bits per heavy atom. The van der Waals surface area contributed by atoms with Crippen LogP contribution in [0.4, 0.5) is 4.79 Å². The highest BCUT2D eigenvalue weighted by Gasteiger charge is 2.36. The van der Waals surface area contributed by atoms with Gasteiger partial charge < -0.3 is 25.0 Å². The zero-order valence-electron chi connectivity index (χ0n) is 11.5. The topological polar surface area (TPSA) is 108 Å². The van der Waals surface area contributed by atoms with Crippen LogP contribution in [0.25, 0.3) is 0 Å². The number of rotatable bonds is 4. The van der Waals surface area contributed by atoms with Crippen molar-refractivity contribution in [3.63, 3.8) is 0 Å². The molecule has 3 atom stereocenters. The first kappa shape index (κ1) is 13.9. The lowest BCUT2D eigenvalue weighted by atomic mass is 10.1. The molecule has 3 heterocycles. The number of H-pyrrole nitrogens is 1. The third-order valence-electron chi connectivity index (χ3n) is 3.91. The van der Waals surface area contributed by atoms with Gasteiger partial charge in [-0.3, -0.25) is 0 Å². The minimum atomic E-state index is -1.06. The number of amides is 2. The lowest BCUT2D eigenvalue weighted by Crippen LogP contribution is -2.54. The molecule has 2 aliphatic heterocycles. The van der Waals surface area contributed by atoms with E-state index in [0.717, 1.165) is 12.8 Å². The molecule has 2 amide bonds. The first-order valence-corrected chi connectivity index (χ1v) is 7.03. The maximum absolute atomic E-state index is 12.2. The summed E-state index contributed by atoms with van der Waals surface area (Å²) in [6.07, 6.45) is 5.32. The normalized spacial score (nSPS) is 25.6. The van der Waals surface area contributed by atoms with E-state index in [1.807, 2.05) is 0 Å². The highest BCUT2D eigenvalue weighted by molar-refractivity contribution is 5.82. The number of carboxylic acid groups (broad SMARTS) is 1. The van der Waals surface area contributed by atoms with Crippen molar-refractivity contribution < 1.29 is 19.4 Å². The van der Waals surface area contributed by atoms with Gasteiger partial charge in [0.1, 0.15) is 6.04 Å². The Bertz CT molecular complexity index is 506. The standard InChI is InChI=1S/C13H18N4O4/c18-12(19)11(3-8-4-14-7-15-8)16-13(20)17-5-9-1-2-10(6-17)21-9/h4,7,9-11H,1-3,5-6H2,(H,14,15)(H,16,20)(H,18,19)/t9?,10?,11-/m0/s1. The van der Waals surface area contributed by atoms with Crippen LogP contribution in [0.2, 0.25) is 0 Å². The second kappa shape index (κ2) is 5.72. The van der Waals surface area contributed by atoms with E-state index in [1.165, 1.54) is 6.33 Å². The van der Waals surface area contributed by atoms with Gasteiger partial charge in [0.2, 0.25) is 0 Å². The average molecular weight is 294 g/mol. The van der Waals surface area contributed by atoms with E-state index in [-0.39, 0.29) is 24.7 Å². The molecule has 2 unspecified atom stereocenters. The molecule has 2 aliphatic rings. The molecule has 2 fully saturated rings. The van der Waals surface area contributed by atoms with Crippen molar-refractivity contribution >= 4 is 12.0 Å². The number of nitrogens with zero attached hydrogens (tertiary/aromatic N) is 2. The molecule has 21 heavy (non-hydrogen) atoms. The van der Waals surface area contributed by atoms with Gasteiger partial charge in [-0.15, -0.1) is 0 Å². The van der Waals surface area contributed by atoms with Crippen LogP contribution >= 0.6 is 0 Å². The predicted octanol–water partition coefficient (Wildman–Crippen LogP) is -0.0218. The summed E-state index contributed by atoms with van der Waals surface area (Å²) in [7, 11) is 0. The van der Waals surface area contributed by atoms with Crippen molar-refractivity contribution in [2.45, 2.75) is 37.5 Å². The zero-order chi connectivity index (χ0) is 14.8. The fourth-order valence-corrected chi connectivity index (χ4v) is 2.84. The van der Waals surface area contributed by atoms with Gasteiger partial charge in [0.05, 0.1) is 18.5 Å². The van der Waals surface area contributed by atoms with Gasteiger partial charge in [0, 0.05) is 31.4 Å². The van der Waals surface area contributed by atoms with Crippen LogP contribution < -0.4 is 5.32 Å². The Hall–Kier alpha value is -2.09.